The molecule has 110 valence electrons. The molecule has 0 fully saturated rings. The molecule has 0 aliphatic carbocycles. The highest BCUT2D eigenvalue weighted by atomic mass is 16.5. The lowest BCUT2D eigenvalue weighted by atomic mass is 10.2. The van der Waals surface area contributed by atoms with Crippen molar-refractivity contribution in [1.29, 1.82) is 0 Å². The fraction of sp³-hybridized carbons (Fsp3) is 0.235. The van der Waals surface area contributed by atoms with Crippen molar-refractivity contribution in [3.8, 4) is 5.75 Å². The second-order valence-electron chi connectivity index (χ2n) is 5.00. The lowest BCUT2D eigenvalue weighted by Crippen LogP contribution is -2.12. The number of rotatable bonds is 5. The molecule has 0 aromatic heterocycles. The van der Waals surface area contributed by atoms with E-state index in [4.69, 9.17) is 9.84 Å². The van der Waals surface area contributed by atoms with Gasteiger partial charge < -0.3 is 15.2 Å². The van der Waals surface area contributed by atoms with Crippen LogP contribution in [0.5, 0.6) is 5.75 Å². The molecule has 21 heavy (non-hydrogen) atoms. The molecule has 0 saturated carbocycles. The van der Waals surface area contributed by atoms with Crippen molar-refractivity contribution in [2.45, 2.75) is 26.6 Å². The molecule has 0 saturated heterocycles. The van der Waals surface area contributed by atoms with Gasteiger partial charge in [0.25, 0.3) is 5.91 Å². The van der Waals surface area contributed by atoms with Gasteiger partial charge in [0.15, 0.2) is 0 Å². The first kappa shape index (κ1) is 15.1. The largest absolute Gasteiger partial charge is 0.491 e. The zero-order valence-electron chi connectivity index (χ0n) is 12.2. The van der Waals surface area contributed by atoms with Crippen LogP contribution in [0.2, 0.25) is 0 Å². The van der Waals surface area contributed by atoms with E-state index in [-0.39, 0.29) is 18.6 Å². The molecule has 2 aromatic carbocycles. The topological polar surface area (TPSA) is 58.6 Å². The Bertz CT molecular complexity index is 588. The third-order valence-electron chi connectivity index (χ3n) is 2.88. The zero-order valence-corrected chi connectivity index (χ0v) is 12.2. The highest BCUT2D eigenvalue weighted by molar-refractivity contribution is 6.04. The van der Waals surface area contributed by atoms with Gasteiger partial charge in [-0.3, -0.25) is 4.79 Å². The quantitative estimate of drug-likeness (QED) is 0.886. The summed E-state index contributed by atoms with van der Waals surface area (Å²) in [6.45, 7) is 3.90. The molecule has 0 spiro atoms. The van der Waals surface area contributed by atoms with Gasteiger partial charge in [0.1, 0.15) is 5.75 Å². The van der Waals surface area contributed by atoms with Crippen LogP contribution in [0.4, 0.5) is 5.69 Å². The molecular weight excluding hydrogens is 266 g/mol. The summed E-state index contributed by atoms with van der Waals surface area (Å²) in [5.41, 5.74) is 2.07. The number of anilines is 1. The van der Waals surface area contributed by atoms with E-state index in [1.165, 1.54) is 0 Å². The standard InChI is InChI=1S/C17H19NO3/c1-12(2)21-16-9-5-14(6-10-16)17(20)18-15-7-3-13(11-19)4-8-15/h3-10,12,19H,11H2,1-2H3,(H,18,20). The molecule has 0 aliphatic rings. The number of nitrogens with one attached hydrogen (secondary N) is 1. The number of ether oxygens (including phenoxy) is 1. The van der Waals surface area contributed by atoms with E-state index in [0.717, 1.165) is 11.3 Å². The van der Waals surface area contributed by atoms with E-state index in [1.54, 1.807) is 48.5 Å². The van der Waals surface area contributed by atoms with E-state index in [2.05, 4.69) is 5.32 Å². The Hall–Kier alpha value is -2.33. The summed E-state index contributed by atoms with van der Waals surface area (Å²) in [5, 5.41) is 11.8. The van der Waals surface area contributed by atoms with Crippen molar-refractivity contribution < 1.29 is 14.6 Å². The summed E-state index contributed by atoms with van der Waals surface area (Å²) in [4.78, 5) is 12.1. The summed E-state index contributed by atoms with van der Waals surface area (Å²) in [6, 6.07) is 14.1. The van der Waals surface area contributed by atoms with Crippen LogP contribution in [0.1, 0.15) is 29.8 Å². The molecule has 0 atom stereocenters. The van der Waals surface area contributed by atoms with E-state index in [9.17, 15) is 4.79 Å². The van der Waals surface area contributed by atoms with E-state index < -0.39 is 0 Å². The number of aliphatic hydroxyl groups excluding tert-OH is 1. The Morgan fingerprint density at radius 1 is 1.10 bits per heavy atom. The van der Waals surface area contributed by atoms with Gasteiger partial charge in [0.2, 0.25) is 0 Å². The van der Waals surface area contributed by atoms with E-state index in [0.29, 0.717) is 11.3 Å². The maximum atomic E-state index is 12.1. The molecule has 4 nitrogen and oxygen atoms in total. The molecule has 4 heteroatoms. The van der Waals surface area contributed by atoms with Crippen LogP contribution in [-0.4, -0.2) is 17.1 Å². The van der Waals surface area contributed by atoms with Gasteiger partial charge in [0.05, 0.1) is 12.7 Å². The van der Waals surface area contributed by atoms with Crippen LogP contribution >= 0.6 is 0 Å². The Morgan fingerprint density at radius 3 is 2.24 bits per heavy atom. The Balaban J connectivity index is 2.02. The number of hydrogen-bond acceptors (Lipinski definition) is 3. The second kappa shape index (κ2) is 6.90. The normalized spacial score (nSPS) is 10.5. The number of carbonyl (C=O) groups excluding carboxylic acids is 1. The average Bonchev–Trinajstić information content (AvgIpc) is 2.48. The first-order chi connectivity index (χ1) is 10.1. The minimum absolute atomic E-state index is 0.00839. The van der Waals surface area contributed by atoms with Gasteiger partial charge in [0, 0.05) is 11.3 Å². The number of aliphatic hydroxyl groups is 1. The van der Waals surface area contributed by atoms with Gasteiger partial charge in [-0.05, 0) is 55.8 Å². The molecular formula is C17H19NO3. The third-order valence-corrected chi connectivity index (χ3v) is 2.88. The van der Waals surface area contributed by atoms with Gasteiger partial charge in [-0.2, -0.15) is 0 Å². The molecule has 0 unspecified atom stereocenters. The molecule has 0 heterocycles. The summed E-state index contributed by atoms with van der Waals surface area (Å²) in [5.74, 6) is 0.566. The minimum Gasteiger partial charge on any atom is -0.491 e. The van der Waals surface area contributed by atoms with Crippen molar-refractivity contribution in [1.82, 2.24) is 0 Å². The lowest BCUT2D eigenvalue weighted by molar-refractivity contribution is 0.102. The summed E-state index contributed by atoms with van der Waals surface area (Å²) >= 11 is 0. The predicted molar refractivity (Wildman–Crippen MR) is 82.5 cm³/mol. The highest BCUT2D eigenvalue weighted by Gasteiger charge is 2.06. The first-order valence-electron chi connectivity index (χ1n) is 6.86. The fourth-order valence-electron chi connectivity index (χ4n) is 1.85. The fourth-order valence-corrected chi connectivity index (χ4v) is 1.85. The first-order valence-corrected chi connectivity index (χ1v) is 6.86. The molecule has 0 radical (unpaired) electrons. The number of carbonyl (C=O) groups is 1. The van der Waals surface area contributed by atoms with Crippen molar-refractivity contribution in [3.05, 3.63) is 59.7 Å². The number of amides is 1. The third kappa shape index (κ3) is 4.33. The van der Waals surface area contributed by atoms with Gasteiger partial charge in [-0.25, -0.2) is 0 Å². The van der Waals surface area contributed by atoms with Crippen LogP contribution in [0.25, 0.3) is 0 Å². The molecule has 2 aromatic rings. The van der Waals surface area contributed by atoms with Crippen molar-refractivity contribution in [2.24, 2.45) is 0 Å². The Kier molecular flexibility index (Phi) is 4.95. The molecule has 2 N–H and O–H groups in total. The maximum absolute atomic E-state index is 12.1. The maximum Gasteiger partial charge on any atom is 0.255 e. The Labute approximate surface area is 124 Å². The summed E-state index contributed by atoms with van der Waals surface area (Å²) in [6.07, 6.45) is 0.106. The molecule has 0 bridgehead atoms. The average molecular weight is 285 g/mol. The van der Waals surface area contributed by atoms with Crippen LogP contribution in [-0.2, 0) is 6.61 Å². The second-order valence-corrected chi connectivity index (χ2v) is 5.00. The van der Waals surface area contributed by atoms with E-state index in [1.807, 2.05) is 13.8 Å². The number of benzene rings is 2. The summed E-state index contributed by atoms with van der Waals surface area (Å²) < 4.78 is 5.54. The van der Waals surface area contributed by atoms with Crippen LogP contribution in [0.15, 0.2) is 48.5 Å². The van der Waals surface area contributed by atoms with Crippen LogP contribution in [0, 0.1) is 0 Å². The van der Waals surface area contributed by atoms with Gasteiger partial charge in [-0.15, -0.1) is 0 Å². The van der Waals surface area contributed by atoms with Gasteiger partial charge in [-0.1, -0.05) is 12.1 Å². The predicted octanol–water partition coefficient (Wildman–Crippen LogP) is 3.22. The molecule has 0 aliphatic heterocycles. The van der Waals surface area contributed by atoms with Crippen LogP contribution in [0.3, 0.4) is 0 Å². The SMILES string of the molecule is CC(C)Oc1ccc(C(=O)Nc2ccc(CO)cc2)cc1. The van der Waals surface area contributed by atoms with Crippen LogP contribution < -0.4 is 10.1 Å². The molecule has 2 rings (SSSR count). The lowest BCUT2D eigenvalue weighted by Gasteiger charge is -2.10. The monoisotopic (exact) mass is 285 g/mol. The van der Waals surface area contributed by atoms with Crippen molar-refractivity contribution in [2.75, 3.05) is 5.32 Å². The zero-order chi connectivity index (χ0) is 15.2. The van der Waals surface area contributed by atoms with Crippen molar-refractivity contribution >= 4 is 11.6 Å². The molecule has 1 amide bonds. The van der Waals surface area contributed by atoms with E-state index >= 15 is 0 Å². The summed E-state index contributed by atoms with van der Waals surface area (Å²) in [7, 11) is 0. The smallest absolute Gasteiger partial charge is 0.255 e. The highest BCUT2D eigenvalue weighted by Crippen LogP contribution is 2.16. The Morgan fingerprint density at radius 2 is 1.71 bits per heavy atom. The van der Waals surface area contributed by atoms with Gasteiger partial charge >= 0.3 is 0 Å². The number of hydrogen-bond donors (Lipinski definition) is 2. The minimum atomic E-state index is -0.178. The van der Waals surface area contributed by atoms with Crippen molar-refractivity contribution in [3.63, 3.8) is 0 Å².